The van der Waals surface area contributed by atoms with Crippen LogP contribution in [0.25, 0.3) is 22.4 Å². The summed E-state index contributed by atoms with van der Waals surface area (Å²) in [6.45, 7) is 0. The number of benzene rings is 2. The molecule has 5 heteroatoms. The topological polar surface area (TPSA) is 67.0 Å². The quantitative estimate of drug-likeness (QED) is 0.714. The maximum atomic E-state index is 10.4. The van der Waals surface area contributed by atoms with E-state index in [1.165, 1.54) is 0 Å². The van der Waals surface area contributed by atoms with E-state index < -0.39 is 0 Å². The van der Waals surface area contributed by atoms with E-state index >= 15 is 0 Å². The van der Waals surface area contributed by atoms with Gasteiger partial charge >= 0.3 is 0 Å². The fourth-order valence-corrected chi connectivity index (χ4v) is 2.04. The first-order chi connectivity index (χ1) is 9.80. The number of H-pyrrole nitrogens is 1. The zero-order valence-electron chi connectivity index (χ0n) is 10.9. The number of aromatic nitrogens is 2. The molecular weight excluding hydrogens is 254 g/mol. The molecule has 0 atom stereocenters. The minimum atomic E-state index is 0.655. The molecule has 0 unspecified atom stereocenters. The third kappa shape index (κ3) is 2.21. The number of carbonyl (C=O) groups is 1. The molecule has 100 valence electrons. The summed E-state index contributed by atoms with van der Waals surface area (Å²) in [4.78, 5) is 18.2. The van der Waals surface area contributed by atoms with Crippen molar-refractivity contribution in [2.45, 2.75) is 0 Å². The summed E-state index contributed by atoms with van der Waals surface area (Å²) < 4.78 is 5.19. The van der Waals surface area contributed by atoms with Gasteiger partial charge in [0.1, 0.15) is 11.6 Å². The van der Waals surface area contributed by atoms with Crippen molar-refractivity contribution in [2.24, 2.45) is 0 Å². The van der Waals surface area contributed by atoms with E-state index in [4.69, 9.17) is 4.74 Å². The van der Waals surface area contributed by atoms with Crippen molar-refractivity contribution in [3.8, 4) is 17.1 Å². The molecule has 0 aliphatic carbocycles. The van der Waals surface area contributed by atoms with E-state index in [1.807, 2.05) is 42.5 Å². The average Bonchev–Trinajstić information content (AvgIpc) is 2.91. The normalized spacial score (nSPS) is 10.4. The zero-order valence-corrected chi connectivity index (χ0v) is 10.9. The highest BCUT2D eigenvalue weighted by Gasteiger charge is 2.06. The number of ether oxygens (including phenoxy) is 1. The molecule has 0 spiro atoms. The summed E-state index contributed by atoms with van der Waals surface area (Å²) >= 11 is 0. The SMILES string of the molecule is COc1ccc2nc(-c3ccc(NC=O)cc3)[nH]c2c1. The zero-order chi connectivity index (χ0) is 13.9. The Balaban J connectivity index is 1.98. The highest BCUT2D eigenvalue weighted by atomic mass is 16.5. The molecule has 2 aromatic carbocycles. The number of aromatic amines is 1. The molecule has 0 bridgehead atoms. The number of anilines is 1. The van der Waals surface area contributed by atoms with Crippen LogP contribution in [-0.2, 0) is 4.79 Å². The maximum Gasteiger partial charge on any atom is 0.211 e. The molecule has 20 heavy (non-hydrogen) atoms. The van der Waals surface area contributed by atoms with E-state index in [0.717, 1.165) is 33.9 Å². The van der Waals surface area contributed by atoms with Crippen LogP contribution in [0, 0.1) is 0 Å². The highest BCUT2D eigenvalue weighted by molar-refractivity contribution is 5.81. The lowest BCUT2D eigenvalue weighted by Crippen LogP contribution is -1.92. The molecule has 0 radical (unpaired) electrons. The van der Waals surface area contributed by atoms with Gasteiger partial charge in [-0.05, 0) is 36.4 Å². The standard InChI is InChI=1S/C15H13N3O2/c1-20-12-6-7-13-14(8-12)18-15(17-13)10-2-4-11(5-3-10)16-9-19/h2-9H,1H3,(H,16,19)(H,17,18). The highest BCUT2D eigenvalue weighted by Crippen LogP contribution is 2.24. The summed E-state index contributed by atoms with van der Waals surface area (Å²) in [5.41, 5.74) is 3.52. The smallest absolute Gasteiger partial charge is 0.211 e. The Hall–Kier alpha value is -2.82. The number of rotatable bonds is 4. The molecule has 0 aliphatic heterocycles. The fourth-order valence-electron chi connectivity index (χ4n) is 2.04. The molecular formula is C15H13N3O2. The second-order valence-electron chi connectivity index (χ2n) is 4.31. The predicted octanol–water partition coefficient (Wildman–Crippen LogP) is 2.81. The predicted molar refractivity (Wildman–Crippen MR) is 77.8 cm³/mol. The number of imidazole rings is 1. The molecule has 1 aromatic heterocycles. The van der Waals surface area contributed by atoms with Crippen molar-refractivity contribution in [1.29, 1.82) is 0 Å². The van der Waals surface area contributed by atoms with Crippen molar-refractivity contribution in [1.82, 2.24) is 9.97 Å². The first kappa shape index (κ1) is 12.2. The van der Waals surface area contributed by atoms with Gasteiger partial charge in [0.15, 0.2) is 0 Å². The van der Waals surface area contributed by atoms with Gasteiger partial charge in [-0.15, -0.1) is 0 Å². The second kappa shape index (κ2) is 5.05. The molecule has 5 nitrogen and oxygen atoms in total. The van der Waals surface area contributed by atoms with E-state index in [0.29, 0.717) is 6.41 Å². The lowest BCUT2D eigenvalue weighted by atomic mass is 10.2. The Bertz CT molecular complexity index is 747. The number of hydrogen-bond acceptors (Lipinski definition) is 3. The summed E-state index contributed by atoms with van der Waals surface area (Å²) in [5.74, 6) is 1.57. The van der Waals surface area contributed by atoms with Crippen molar-refractivity contribution < 1.29 is 9.53 Å². The van der Waals surface area contributed by atoms with E-state index in [9.17, 15) is 4.79 Å². The molecule has 2 N–H and O–H groups in total. The Morgan fingerprint density at radius 2 is 2.00 bits per heavy atom. The summed E-state index contributed by atoms with van der Waals surface area (Å²) in [6.07, 6.45) is 0.655. The molecule has 3 rings (SSSR count). The minimum Gasteiger partial charge on any atom is -0.497 e. The van der Waals surface area contributed by atoms with E-state index in [-0.39, 0.29) is 0 Å². The van der Waals surface area contributed by atoms with Gasteiger partial charge in [0.05, 0.1) is 18.1 Å². The Kier molecular flexibility index (Phi) is 3.09. The van der Waals surface area contributed by atoms with Crippen LogP contribution < -0.4 is 10.1 Å². The van der Waals surface area contributed by atoms with Crippen LogP contribution >= 0.6 is 0 Å². The van der Waals surface area contributed by atoms with Gasteiger partial charge in [-0.25, -0.2) is 4.98 Å². The van der Waals surface area contributed by atoms with Crippen LogP contribution in [0.2, 0.25) is 0 Å². The fraction of sp³-hybridized carbons (Fsp3) is 0.0667. The number of nitrogens with zero attached hydrogens (tertiary/aromatic N) is 1. The number of fused-ring (bicyclic) bond motifs is 1. The average molecular weight is 267 g/mol. The molecule has 0 aliphatic rings. The third-order valence-corrected chi connectivity index (χ3v) is 3.07. The molecule has 0 saturated carbocycles. The number of methoxy groups -OCH3 is 1. The van der Waals surface area contributed by atoms with Crippen molar-refractivity contribution >= 4 is 23.1 Å². The van der Waals surface area contributed by atoms with E-state index in [1.54, 1.807) is 7.11 Å². The lowest BCUT2D eigenvalue weighted by molar-refractivity contribution is -0.105. The van der Waals surface area contributed by atoms with Crippen LogP contribution in [0.1, 0.15) is 0 Å². The largest absolute Gasteiger partial charge is 0.497 e. The van der Waals surface area contributed by atoms with E-state index in [2.05, 4.69) is 15.3 Å². The van der Waals surface area contributed by atoms with Gasteiger partial charge in [-0.1, -0.05) is 0 Å². The molecule has 1 heterocycles. The molecule has 0 saturated heterocycles. The Morgan fingerprint density at radius 1 is 1.20 bits per heavy atom. The van der Waals surface area contributed by atoms with Crippen LogP contribution in [0.3, 0.4) is 0 Å². The Labute approximate surface area is 115 Å². The van der Waals surface area contributed by atoms with Gasteiger partial charge in [-0.2, -0.15) is 0 Å². The van der Waals surface area contributed by atoms with Crippen LogP contribution in [0.4, 0.5) is 5.69 Å². The summed E-state index contributed by atoms with van der Waals surface area (Å²) in [7, 11) is 1.64. The van der Waals surface area contributed by atoms with Crippen molar-refractivity contribution in [3.63, 3.8) is 0 Å². The number of amides is 1. The minimum absolute atomic E-state index is 0.655. The molecule has 3 aromatic rings. The second-order valence-corrected chi connectivity index (χ2v) is 4.31. The first-order valence-corrected chi connectivity index (χ1v) is 6.14. The molecule has 0 fully saturated rings. The van der Waals surface area contributed by atoms with Crippen molar-refractivity contribution in [3.05, 3.63) is 42.5 Å². The Morgan fingerprint density at radius 3 is 2.70 bits per heavy atom. The monoisotopic (exact) mass is 267 g/mol. The molecule has 1 amide bonds. The lowest BCUT2D eigenvalue weighted by Gasteiger charge is -2.00. The first-order valence-electron chi connectivity index (χ1n) is 6.14. The third-order valence-electron chi connectivity index (χ3n) is 3.07. The van der Waals surface area contributed by atoms with Crippen LogP contribution in [0.15, 0.2) is 42.5 Å². The number of carbonyl (C=O) groups excluding carboxylic acids is 1. The van der Waals surface area contributed by atoms with Gasteiger partial charge < -0.3 is 15.0 Å². The van der Waals surface area contributed by atoms with Crippen LogP contribution in [0.5, 0.6) is 5.75 Å². The maximum absolute atomic E-state index is 10.4. The van der Waals surface area contributed by atoms with Gasteiger partial charge in [0.25, 0.3) is 0 Å². The van der Waals surface area contributed by atoms with Crippen molar-refractivity contribution in [2.75, 3.05) is 12.4 Å². The summed E-state index contributed by atoms with van der Waals surface area (Å²) in [5, 5.41) is 2.60. The van der Waals surface area contributed by atoms with Gasteiger partial charge in [-0.3, -0.25) is 4.79 Å². The number of nitrogens with one attached hydrogen (secondary N) is 2. The van der Waals surface area contributed by atoms with Crippen LogP contribution in [-0.4, -0.2) is 23.5 Å². The van der Waals surface area contributed by atoms with Gasteiger partial charge in [0, 0.05) is 17.3 Å². The summed E-state index contributed by atoms with van der Waals surface area (Å²) in [6, 6.07) is 13.2. The van der Waals surface area contributed by atoms with Gasteiger partial charge in [0.2, 0.25) is 6.41 Å². The number of hydrogen-bond donors (Lipinski definition) is 2.